The van der Waals surface area contributed by atoms with Crippen LogP contribution in [0.5, 0.6) is 0 Å². The van der Waals surface area contributed by atoms with Crippen LogP contribution in [0.15, 0.2) is 24.3 Å². The maximum absolute atomic E-state index is 5.79. The van der Waals surface area contributed by atoms with Gasteiger partial charge in [0.15, 0.2) is 0 Å². The second-order valence-corrected chi connectivity index (χ2v) is 3.57. The molecule has 0 saturated carbocycles. The molecule has 0 aliphatic heterocycles. The van der Waals surface area contributed by atoms with E-state index in [0.717, 1.165) is 12.2 Å². The fraction of sp³-hybridized carbons (Fsp3) is 0.273. The molecule has 1 aromatic carbocycles. The molecule has 3 N–H and O–H groups in total. The van der Waals surface area contributed by atoms with Crippen molar-refractivity contribution in [1.29, 1.82) is 0 Å². The molecule has 0 amide bonds. The fourth-order valence-corrected chi connectivity index (χ4v) is 1.43. The first kappa shape index (κ1) is 10.5. The molecule has 0 saturated heterocycles. The van der Waals surface area contributed by atoms with Crippen LogP contribution in [0.2, 0.25) is 0 Å². The van der Waals surface area contributed by atoms with Crippen molar-refractivity contribution in [2.45, 2.75) is 13.8 Å². The Morgan fingerprint density at radius 1 is 1.31 bits per heavy atom. The predicted octanol–water partition coefficient (Wildman–Crippen LogP) is 1.59. The van der Waals surface area contributed by atoms with E-state index in [1.807, 2.05) is 38.1 Å². The van der Waals surface area contributed by atoms with Gasteiger partial charge in [0.1, 0.15) is 0 Å². The van der Waals surface area contributed by atoms with Gasteiger partial charge in [0, 0.05) is 6.54 Å². The molecule has 1 heterocycles. The number of nitrogens with zero attached hydrogens (tertiary/aromatic N) is 3. The third-order valence-corrected chi connectivity index (χ3v) is 2.25. The molecule has 0 atom stereocenters. The maximum atomic E-state index is 5.79. The van der Waals surface area contributed by atoms with Crippen molar-refractivity contribution < 1.29 is 0 Å². The minimum absolute atomic E-state index is 0.389. The average molecular weight is 217 g/mol. The minimum Gasteiger partial charge on any atom is -0.368 e. The van der Waals surface area contributed by atoms with E-state index in [1.54, 1.807) is 4.68 Å². The van der Waals surface area contributed by atoms with Crippen LogP contribution < -0.4 is 11.1 Å². The normalized spacial score (nSPS) is 10.4. The first-order valence-electron chi connectivity index (χ1n) is 5.24. The number of hydrogen-bond donors (Lipinski definition) is 2. The molecule has 2 rings (SSSR count). The van der Waals surface area contributed by atoms with Gasteiger partial charge in [-0.1, -0.05) is 17.7 Å². The Hall–Kier alpha value is -2.04. The predicted molar refractivity (Wildman–Crippen MR) is 64.7 cm³/mol. The number of rotatable bonds is 3. The van der Waals surface area contributed by atoms with Crippen LogP contribution in [-0.2, 0) is 0 Å². The first-order chi connectivity index (χ1) is 7.70. The van der Waals surface area contributed by atoms with E-state index < -0.39 is 0 Å². The molecule has 5 heteroatoms. The lowest BCUT2D eigenvalue weighted by molar-refractivity contribution is 0.889. The van der Waals surface area contributed by atoms with Crippen molar-refractivity contribution in [2.24, 2.45) is 0 Å². The molecule has 0 fully saturated rings. The Kier molecular flexibility index (Phi) is 2.76. The third kappa shape index (κ3) is 1.98. The highest BCUT2D eigenvalue weighted by molar-refractivity contribution is 5.42. The standard InChI is InChI=1S/C11H15N5/c1-3-13-11-14-10(12)16(15-11)9-6-4-8(2)5-7-9/h4-7H,3H2,1-2H3,(H3,12,13,14,15). The van der Waals surface area contributed by atoms with Crippen LogP contribution in [0.1, 0.15) is 12.5 Å². The number of nitrogens with two attached hydrogens (primary N) is 1. The van der Waals surface area contributed by atoms with Crippen molar-refractivity contribution >= 4 is 11.9 Å². The SMILES string of the molecule is CCNc1nc(N)n(-c2ccc(C)cc2)n1. The van der Waals surface area contributed by atoms with Crippen molar-refractivity contribution in [1.82, 2.24) is 14.8 Å². The summed E-state index contributed by atoms with van der Waals surface area (Å²) < 4.78 is 1.62. The van der Waals surface area contributed by atoms with Crippen molar-refractivity contribution in [3.63, 3.8) is 0 Å². The molecule has 16 heavy (non-hydrogen) atoms. The molecular formula is C11H15N5. The molecule has 2 aromatic rings. The highest BCUT2D eigenvalue weighted by atomic mass is 15.4. The smallest absolute Gasteiger partial charge is 0.244 e. The molecule has 0 bridgehead atoms. The van der Waals surface area contributed by atoms with Gasteiger partial charge in [-0.05, 0) is 26.0 Å². The summed E-state index contributed by atoms with van der Waals surface area (Å²) in [5, 5.41) is 7.30. The number of nitrogen functional groups attached to an aromatic ring is 1. The highest BCUT2D eigenvalue weighted by Gasteiger charge is 2.07. The molecule has 84 valence electrons. The lowest BCUT2D eigenvalue weighted by Gasteiger charge is -2.02. The van der Waals surface area contributed by atoms with E-state index in [4.69, 9.17) is 5.73 Å². The Morgan fingerprint density at radius 3 is 2.62 bits per heavy atom. The second kappa shape index (κ2) is 4.22. The monoisotopic (exact) mass is 217 g/mol. The fourth-order valence-electron chi connectivity index (χ4n) is 1.43. The van der Waals surface area contributed by atoms with Crippen molar-refractivity contribution in [3.05, 3.63) is 29.8 Å². The van der Waals surface area contributed by atoms with Crippen LogP contribution >= 0.6 is 0 Å². The topological polar surface area (TPSA) is 68.8 Å². The quantitative estimate of drug-likeness (QED) is 0.819. The molecule has 1 aromatic heterocycles. The van der Waals surface area contributed by atoms with Crippen molar-refractivity contribution in [2.75, 3.05) is 17.6 Å². The van der Waals surface area contributed by atoms with E-state index in [2.05, 4.69) is 15.4 Å². The van der Waals surface area contributed by atoms with Gasteiger partial charge >= 0.3 is 0 Å². The second-order valence-electron chi connectivity index (χ2n) is 3.57. The molecule has 0 aliphatic rings. The average Bonchev–Trinajstić information content (AvgIpc) is 2.61. The number of anilines is 2. The Balaban J connectivity index is 2.36. The molecule has 0 radical (unpaired) electrons. The van der Waals surface area contributed by atoms with E-state index in [1.165, 1.54) is 5.56 Å². The summed E-state index contributed by atoms with van der Waals surface area (Å²) in [4.78, 5) is 4.12. The number of benzene rings is 1. The number of hydrogen-bond acceptors (Lipinski definition) is 4. The van der Waals surface area contributed by atoms with Gasteiger partial charge in [-0.15, -0.1) is 5.10 Å². The molecule has 0 unspecified atom stereocenters. The summed E-state index contributed by atoms with van der Waals surface area (Å²) in [6, 6.07) is 7.97. The van der Waals surface area contributed by atoms with Crippen LogP contribution in [0.3, 0.4) is 0 Å². The molecule has 0 spiro atoms. The van der Waals surface area contributed by atoms with Gasteiger partial charge in [-0.3, -0.25) is 0 Å². The summed E-state index contributed by atoms with van der Waals surface area (Å²) in [6.07, 6.45) is 0. The zero-order chi connectivity index (χ0) is 11.5. The minimum atomic E-state index is 0.389. The molecule has 0 aliphatic carbocycles. The highest BCUT2D eigenvalue weighted by Crippen LogP contribution is 2.14. The summed E-state index contributed by atoms with van der Waals surface area (Å²) in [5.41, 5.74) is 7.91. The van der Waals surface area contributed by atoms with Gasteiger partial charge in [0.25, 0.3) is 0 Å². The zero-order valence-electron chi connectivity index (χ0n) is 9.44. The van der Waals surface area contributed by atoms with Crippen LogP contribution in [0.4, 0.5) is 11.9 Å². The van der Waals surface area contributed by atoms with E-state index in [0.29, 0.717) is 11.9 Å². The van der Waals surface area contributed by atoms with Gasteiger partial charge < -0.3 is 11.1 Å². The lowest BCUT2D eigenvalue weighted by Crippen LogP contribution is -2.02. The van der Waals surface area contributed by atoms with E-state index in [9.17, 15) is 0 Å². The van der Waals surface area contributed by atoms with Gasteiger partial charge in [0.05, 0.1) is 5.69 Å². The summed E-state index contributed by atoms with van der Waals surface area (Å²) in [6.45, 7) is 4.80. The zero-order valence-corrected chi connectivity index (χ0v) is 9.44. The molecular weight excluding hydrogens is 202 g/mol. The summed E-state index contributed by atoms with van der Waals surface area (Å²) >= 11 is 0. The lowest BCUT2D eigenvalue weighted by atomic mass is 10.2. The largest absolute Gasteiger partial charge is 0.368 e. The van der Waals surface area contributed by atoms with Gasteiger partial charge in [0.2, 0.25) is 11.9 Å². The first-order valence-corrected chi connectivity index (χ1v) is 5.24. The van der Waals surface area contributed by atoms with Crippen LogP contribution in [0.25, 0.3) is 5.69 Å². The Labute approximate surface area is 94.3 Å². The maximum Gasteiger partial charge on any atom is 0.244 e. The van der Waals surface area contributed by atoms with E-state index in [-0.39, 0.29) is 0 Å². The Bertz CT molecular complexity index is 472. The third-order valence-electron chi connectivity index (χ3n) is 2.25. The van der Waals surface area contributed by atoms with Gasteiger partial charge in [-0.2, -0.15) is 9.67 Å². The summed E-state index contributed by atoms with van der Waals surface area (Å²) in [7, 11) is 0. The number of aryl methyl sites for hydroxylation is 1. The van der Waals surface area contributed by atoms with Crippen molar-refractivity contribution in [3.8, 4) is 5.69 Å². The van der Waals surface area contributed by atoms with Gasteiger partial charge in [-0.25, -0.2) is 0 Å². The summed E-state index contributed by atoms with van der Waals surface area (Å²) in [5.74, 6) is 0.945. The number of nitrogens with one attached hydrogen (secondary N) is 1. The molecule has 5 nitrogen and oxygen atoms in total. The Morgan fingerprint density at radius 2 is 2.00 bits per heavy atom. The van der Waals surface area contributed by atoms with Crippen LogP contribution in [-0.4, -0.2) is 21.3 Å². The van der Waals surface area contributed by atoms with E-state index >= 15 is 0 Å². The van der Waals surface area contributed by atoms with Crippen LogP contribution in [0, 0.1) is 6.92 Å². The number of aromatic nitrogens is 3.